The van der Waals surface area contributed by atoms with Gasteiger partial charge >= 0.3 is 5.97 Å². The minimum atomic E-state index is -1.09. The van der Waals surface area contributed by atoms with Gasteiger partial charge in [0.2, 0.25) is 0 Å². The normalized spacial score (nSPS) is 10.7. The minimum Gasteiger partial charge on any atom is -0.507 e. The lowest BCUT2D eigenvalue weighted by Gasteiger charge is -2.11. The number of carboxylic acids is 1. The van der Waals surface area contributed by atoms with Crippen molar-refractivity contribution < 1.29 is 15.0 Å². The van der Waals surface area contributed by atoms with Crippen LogP contribution in [-0.4, -0.2) is 16.2 Å². The van der Waals surface area contributed by atoms with Gasteiger partial charge in [0.25, 0.3) is 0 Å². The molecule has 18 heavy (non-hydrogen) atoms. The van der Waals surface area contributed by atoms with Gasteiger partial charge in [0.15, 0.2) is 0 Å². The number of aromatic carboxylic acids is 1. The van der Waals surface area contributed by atoms with E-state index in [1.165, 1.54) is 6.07 Å². The lowest BCUT2D eigenvalue weighted by atomic mass is 9.96. The van der Waals surface area contributed by atoms with Crippen LogP contribution in [0, 0.1) is 0 Å². The average molecular weight is 244 g/mol. The lowest BCUT2D eigenvalue weighted by molar-refractivity contribution is 0.0693. The van der Waals surface area contributed by atoms with Crippen LogP contribution in [0.2, 0.25) is 0 Å². The van der Waals surface area contributed by atoms with Crippen molar-refractivity contribution in [3.63, 3.8) is 0 Å². The van der Waals surface area contributed by atoms with Gasteiger partial charge in [-0.05, 0) is 29.7 Å². The van der Waals surface area contributed by atoms with E-state index in [1.807, 2.05) is 24.3 Å². The number of phenols is 1. The van der Waals surface area contributed by atoms with Gasteiger partial charge in [0.05, 0.1) is 0 Å². The summed E-state index contributed by atoms with van der Waals surface area (Å²) in [6.45, 7) is 2.07. The Hall–Kier alpha value is -2.03. The van der Waals surface area contributed by atoms with E-state index in [2.05, 4.69) is 6.92 Å². The molecule has 2 N–H and O–H groups in total. The van der Waals surface area contributed by atoms with E-state index in [-0.39, 0.29) is 11.3 Å². The highest BCUT2D eigenvalue weighted by Gasteiger charge is 2.16. The number of unbranched alkanes of at least 4 members (excludes halogenated alkanes) is 1. The molecule has 0 heterocycles. The summed E-state index contributed by atoms with van der Waals surface area (Å²) in [6.07, 6.45) is 2.63. The van der Waals surface area contributed by atoms with Crippen molar-refractivity contribution in [2.75, 3.05) is 0 Å². The Balaban J connectivity index is 2.69. The second-order valence-electron chi connectivity index (χ2n) is 4.38. The molecule has 0 radical (unpaired) electrons. The number of carbonyl (C=O) groups is 1. The first-order chi connectivity index (χ1) is 8.65. The van der Waals surface area contributed by atoms with Gasteiger partial charge in [-0.25, -0.2) is 4.79 Å². The number of hydrogen-bond acceptors (Lipinski definition) is 2. The molecule has 0 aliphatic heterocycles. The molecule has 0 aliphatic rings. The Labute approximate surface area is 106 Å². The van der Waals surface area contributed by atoms with Crippen LogP contribution in [-0.2, 0) is 6.42 Å². The molecule has 0 unspecified atom stereocenters. The van der Waals surface area contributed by atoms with Gasteiger partial charge in [0, 0.05) is 5.56 Å². The highest BCUT2D eigenvalue weighted by molar-refractivity contribution is 5.99. The van der Waals surface area contributed by atoms with Crippen LogP contribution < -0.4 is 0 Å². The first-order valence-corrected chi connectivity index (χ1v) is 6.12. The standard InChI is InChI=1S/C15H16O3/c1-2-3-7-12-11-8-5-4-6-10(11)9-13(14(12)16)15(17)18/h4-6,8-9,16H,2-3,7H2,1H3,(H,17,18). The molecule has 2 rings (SSSR count). The maximum Gasteiger partial charge on any atom is 0.339 e. The maximum absolute atomic E-state index is 11.1. The number of fused-ring (bicyclic) bond motifs is 1. The van der Waals surface area contributed by atoms with Crippen molar-refractivity contribution in [1.82, 2.24) is 0 Å². The third-order valence-corrected chi connectivity index (χ3v) is 3.14. The van der Waals surface area contributed by atoms with E-state index >= 15 is 0 Å². The van der Waals surface area contributed by atoms with Crippen LogP contribution in [0.5, 0.6) is 5.75 Å². The zero-order chi connectivity index (χ0) is 13.1. The number of benzene rings is 2. The molecular weight excluding hydrogens is 228 g/mol. The number of aromatic hydroxyl groups is 1. The molecule has 3 heteroatoms. The number of hydrogen-bond donors (Lipinski definition) is 2. The van der Waals surface area contributed by atoms with E-state index in [9.17, 15) is 9.90 Å². The van der Waals surface area contributed by atoms with Crippen LogP contribution >= 0.6 is 0 Å². The summed E-state index contributed by atoms with van der Waals surface area (Å²) in [5.41, 5.74) is 0.729. The van der Waals surface area contributed by atoms with E-state index in [0.717, 1.165) is 29.2 Å². The first-order valence-electron chi connectivity index (χ1n) is 6.12. The number of rotatable bonds is 4. The molecule has 0 saturated heterocycles. The summed E-state index contributed by atoms with van der Waals surface area (Å²) in [6, 6.07) is 9.09. The summed E-state index contributed by atoms with van der Waals surface area (Å²) >= 11 is 0. The lowest BCUT2D eigenvalue weighted by Crippen LogP contribution is -2.00. The van der Waals surface area contributed by atoms with Crippen molar-refractivity contribution in [3.05, 3.63) is 41.5 Å². The van der Waals surface area contributed by atoms with Gasteiger partial charge in [-0.3, -0.25) is 0 Å². The van der Waals surface area contributed by atoms with E-state index in [1.54, 1.807) is 0 Å². The fraction of sp³-hybridized carbons (Fsp3) is 0.267. The molecule has 3 nitrogen and oxygen atoms in total. The highest BCUT2D eigenvalue weighted by atomic mass is 16.4. The minimum absolute atomic E-state index is 0.0141. The fourth-order valence-corrected chi connectivity index (χ4v) is 2.18. The second kappa shape index (κ2) is 5.08. The fourth-order valence-electron chi connectivity index (χ4n) is 2.18. The van der Waals surface area contributed by atoms with E-state index < -0.39 is 5.97 Å². The molecule has 2 aromatic rings. The molecular formula is C15H16O3. The smallest absolute Gasteiger partial charge is 0.339 e. The summed E-state index contributed by atoms with van der Waals surface area (Å²) in [7, 11) is 0. The Kier molecular flexibility index (Phi) is 3.51. The van der Waals surface area contributed by atoms with Gasteiger partial charge in [0.1, 0.15) is 11.3 Å². The van der Waals surface area contributed by atoms with Crippen LogP contribution in [0.25, 0.3) is 10.8 Å². The molecule has 0 aromatic heterocycles. The number of aryl methyl sites for hydroxylation is 1. The van der Waals surface area contributed by atoms with Crippen LogP contribution in [0.4, 0.5) is 0 Å². The van der Waals surface area contributed by atoms with Crippen LogP contribution in [0.15, 0.2) is 30.3 Å². The van der Waals surface area contributed by atoms with Crippen molar-refractivity contribution >= 4 is 16.7 Å². The molecule has 0 saturated carbocycles. The van der Waals surface area contributed by atoms with E-state index in [0.29, 0.717) is 6.42 Å². The Bertz CT molecular complexity index is 588. The molecule has 0 atom stereocenters. The molecule has 2 aromatic carbocycles. The van der Waals surface area contributed by atoms with Crippen molar-refractivity contribution in [3.8, 4) is 5.75 Å². The third-order valence-electron chi connectivity index (χ3n) is 3.14. The summed E-state index contributed by atoms with van der Waals surface area (Å²) < 4.78 is 0. The molecule has 0 spiro atoms. The maximum atomic E-state index is 11.1. The SMILES string of the molecule is CCCCc1c(O)c(C(=O)O)cc2ccccc12. The molecule has 94 valence electrons. The Morgan fingerprint density at radius 1 is 1.28 bits per heavy atom. The molecule has 0 fully saturated rings. The Morgan fingerprint density at radius 2 is 2.00 bits per heavy atom. The van der Waals surface area contributed by atoms with Gasteiger partial charge in [-0.15, -0.1) is 0 Å². The zero-order valence-electron chi connectivity index (χ0n) is 10.3. The van der Waals surface area contributed by atoms with Gasteiger partial charge in [-0.2, -0.15) is 0 Å². The number of carboxylic acid groups (broad SMARTS) is 1. The quantitative estimate of drug-likeness (QED) is 0.864. The highest BCUT2D eigenvalue weighted by Crippen LogP contribution is 2.32. The first kappa shape index (κ1) is 12.4. The predicted molar refractivity (Wildman–Crippen MR) is 71.2 cm³/mol. The van der Waals surface area contributed by atoms with Gasteiger partial charge < -0.3 is 10.2 Å². The van der Waals surface area contributed by atoms with Gasteiger partial charge in [-0.1, -0.05) is 37.6 Å². The monoisotopic (exact) mass is 244 g/mol. The van der Waals surface area contributed by atoms with Crippen molar-refractivity contribution in [2.24, 2.45) is 0 Å². The average Bonchev–Trinajstić information content (AvgIpc) is 2.37. The summed E-state index contributed by atoms with van der Waals surface area (Å²) in [5, 5.41) is 21.0. The Morgan fingerprint density at radius 3 is 2.67 bits per heavy atom. The second-order valence-corrected chi connectivity index (χ2v) is 4.38. The van der Waals surface area contributed by atoms with E-state index in [4.69, 9.17) is 5.11 Å². The molecule has 0 aliphatic carbocycles. The predicted octanol–water partition coefficient (Wildman–Crippen LogP) is 3.59. The van der Waals surface area contributed by atoms with Crippen molar-refractivity contribution in [2.45, 2.75) is 26.2 Å². The topological polar surface area (TPSA) is 57.5 Å². The molecule has 0 amide bonds. The van der Waals surface area contributed by atoms with Crippen LogP contribution in [0.1, 0.15) is 35.7 Å². The molecule has 0 bridgehead atoms. The largest absolute Gasteiger partial charge is 0.507 e. The zero-order valence-corrected chi connectivity index (χ0v) is 10.3. The van der Waals surface area contributed by atoms with Crippen LogP contribution in [0.3, 0.4) is 0 Å². The summed E-state index contributed by atoms with van der Waals surface area (Å²) in [5.74, 6) is -1.18. The van der Waals surface area contributed by atoms with Crippen molar-refractivity contribution in [1.29, 1.82) is 0 Å². The summed E-state index contributed by atoms with van der Waals surface area (Å²) in [4.78, 5) is 11.1. The third kappa shape index (κ3) is 2.16.